The van der Waals surface area contributed by atoms with Gasteiger partial charge in [-0.1, -0.05) is 0 Å². The molecule has 0 aromatic carbocycles. The third-order valence-electron chi connectivity index (χ3n) is 2.57. The summed E-state index contributed by atoms with van der Waals surface area (Å²) in [5.74, 6) is 0.134. The van der Waals surface area contributed by atoms with Gasteiger partial charge in [-0.25, -0.2) is 0 Å². The second-order valence-corrected chi connectivity index (χ2v) is 6.29. The molecule has 1 amide bonds. The van der Waals surface area contributed by atoms with Crippen LogP contribution in [-0.4, -0.2) is 37.1 Å². The first-order valence-corrected chi connectivity index (χ1v) is 6.88. The van der Waals surface area contributed by atoms with Crippen LogP contribution in [0, 0.1) is 0 Å². The summed E-state index contributed by atoms with van der Waals surface area (Å²) in [6, 6.07) is 4.22. The Labute approximate surface area is 108 Å². The van der Waals surface area contributed by atoms with Gasteiger partial charge in [0.05, 0.1) is 15.3 Å². The molecule has 1 heterocycles. The Hall–Kier alpha value is -0.390. The maximum atomic E-state index is 12.2. The molecule has 1 saturated carbocycles. The van der Waals surface area contributed by atoms with Crippen molar-refractivity contribution in [1.82, 2.24) is 4.90 Å². The quantitative estimate of drug-likeness (QED) is 0.837. The molecule has 16 heavy (non-hydrogen) atoms. The highest BCUT2D eigenvalue weighted by Crippen LogP contribution is 2.30. The van der Waals surface area contributed by atoms with Crippen molar-refractivity contribution in [2.24, 2.45) is 0 Å². The molecule has 0 saturated heterocycles. The predicted octanol–water partition coefficient (Wildman–Crippen LogP) is 2.76. The molecule has 1 aliphatic carbocycles. The molecule has 5 heteroatoms. The molecule has 1 aromatic heterocycles. The molecule has 0 N–H and O–H groups in total. The Morgan fingerprint density at radius 2 is 2.38 bits per heavy atom. The van der Waals surface area contributed by atoms with Crippen LogP contribution in [0.3, 0.4) is 0 Å². The minimum absolute atomic E-state index is 0.134. The number of hydrogen-bond donors (Lipinski definition) is 0. The van der Waals surface area contributed by atoms with E-state index < -0.39 is 0 Å². The molecule has 1 fully saturated rings. The van der Waals surface area contributed by atoms with E-state index in [0.717, 1.165) is 21.5 Å². The summed E-state index contributed by atoms with van der Waals surface area (Å²) in [6.07, 6.45) is 2.25. The molecule has 0 aliphatic heterocycles. The first-order valence-electron chi connectivity index (χ1n) is 5.27. The maximum absolute atomic E-state index is 12.2. The second-order valence-electron chi connectivity index (χ2n) is 3.83. The summed E-state index contributed by atoms with van der Waals surface area (Å²) in [5.41, 5.74) is 0. The average molecular weight is 304 g/mol. The molecule has 0 unspecified atom stereocenters. The lowest BCUT2D eigenvalue weighted by molar-refractivity contribution is 0.0685. The van der Waals surface area contributed by atoms with Gasteiger partial charge >= 0.3 is 0 Å². The van der Waals surface area contributed by atoms with E-state index >= 15 is 0 Å². The standard InChI is InChI=1S/C11H14BrNO2S/c1-15-7-6-13(8-2-3-8)11(14)9-4-5-10(12)16-9/h4-5,8H,2-3,6-7H2,1H3. The van der Waals surface area contributed by atoms with Gasteiger partial charge in [0.1, 0.15) is 0 Å². The van der Waals surface area contributed by atoms with Crippen molar-refractivity contribution in [3.63, 3.8) is 0 Å². The highest BCUT2D eigenvalue weighted by Gasteiger charge is 2.33. The summed E-state index contributed by atoms with van der Waals surface area (Å²) in [6.45, 7) is 1.30. The summed E-state index contributed by atoms with van der Waals surface area (Å²) < 4.78 is 6.04. The van der Waals surface area contributed by atoms with Gasteiger partial charge in [-0.3, -0.25) is 4.79 Å². The maximum Gasteiger partial charge on any atom is 0.264 e. The molecule has 0 radical (unpaired) electrons. The number of ether oxygens (including phenoxy) is 1. The third-order valence-corrected chi connectivity index (χ3v) is 4.18. The first-order chi connectivity index (χ1) is 7.72. The van der Waals surface area contributed by atoms with Gasteiger partial charge in [0.15, 0.2) is 0 Å². The Bertz CT molecular complexity index is 376. The largest absolute Gasteiger partial charge is 0.383 e. The van der Waals surface area contributed by atoms with E-state index in [4.69, 9.17) is 4.74 Å². The average Bonchev–Trinajstić information content (AvgIpc) is 3.01. The minimum atomic E-state index is 0.134. The number of thiophene rings is 1. The van der Waals surface area contributed by atoms with Crippen molar-refractivity contribution in [1.29, 1.82) is 0 Å². The van der Waals surface area contributed by atoms with E-state index in [-0.39, 0.29) is 5.91 Å². The van der Waals surface area contributed by atoms with Crippen LogP contribution in [0.1, 0.15) is 22.5 Å². The number of methoxy groups -OCH3 is 1. The summed E-state index contributed by atoms with van der Waals surface area (Å²) in [4.78, 5) is 14.9. The van der Waals surface area contributed by atoms with Gasteiger partial charge in [-0.2, -0.15) is 0 Å². The van der Waals surface area contributed by atoms with Gasteiger partial charge < -0.3 is 9.64 Å². The second kappa shape index (κ2) is 5.29. The number of hydrogen-bond acceptors (Lipinski definition) is 3. The smallest absolute Gasteiger partial charge is 0.264 e. The number of carbonyl (C=O) groups is 1. The van der Waals surface area contributed by atoms with Crippen LogP contribution in [0.2, 0.25) is 0 Å². The van der Waals surface area contributed by atoms with Gasteiger partial charge in [0, 0.05) is 19.7 Å². The summed E-state index contributed by atoms with van der Waals surface area (Å²) in [7, 11) is 1.66. The number of nitrogens with zero attached hydrogens (tertiary/aromatic N) is 1. The number of amides is 1. The zero-order valence-electron chi connectivity index (χ0n) is 9.11. The molecule has 88 valence electrons. The Morgan fingerprint density at radius 3 is 2.88 bits per heavy atom. The minimum Gasteiger partial charge on any atom is -0.383 e. The zero-order valence-corrected chi connectivity index (χ0v) is 11.5. The Kier molecular flexibility index (Phi) is 4.00. The van der Waals surface area contributed by atoms with Gasteiger partial charge in [0.25, 0.3) is 5.91 Å². The van der Waals surface area contributed by atoms with Crippen LogP contribution in [0.15, 0.2) is 15.9 Å². The lowest BCUT2D eigenvalue weighted by Gasteiger charge is -2.21. The van der Waals surface area contributed by atoms with Crippen LogP contribution < -0.4 is 0 Å². The fourth-order valence-electron chi connectivity index (χ4n) is 1.60. The number of carbonyl (C=O) groups excluding carboxylic acids is 1. The van der Waals surface area contributed by atoms with E-state index in [1.165, 1.54) is 11.3 Å². The van der Waals surface area contributed by atoms with Gasteiger partial charge in [-0.05, 0) is 40.9 Å². The molecular formula is C11H14BrNO2S. The van der Waals surface area contributed by atoms with E-state index in [9.17, 15) is 4.79 Å². The van der Waals surface area contributed by atoms with Gasteiger partial charge in [0.2, 0.25) is 0 Å². The molecule has 0 spiro atoms. The molecule has 1 aromatic rings. The fraction of sp³-hybridized carbons (Fsp3) is 0.545. The number of halogens is 1. The van der Waals surface area contributed by atoms with E-state index in [1.54, 1.807) is 7.11 Å². The third kappa shape index (κ3) is 2.84. The predicted molar refractivity (Wildman–Crippen MR) is 68.0 cm³/mol. The van der Waals surface area contributed by atoms with Crippen molar-refractivity contribution in [3.05, 3.63) is 20.8 Å². The molecular weight excluding hydrogens is 290 g/mol. The monoisotopic (exact) mass is 303 g/mol. The van der Waals surface area contributed by atoms with E-state index in [2.05, 4.69) is 15.9 Å². The van der Waals surface area contributed by atoms with E-state index in [1.807, 2.05) is 17.0 Å². The van der Waals surface area contributed by atoms with Crippen molar-refractivity contribution in [2.75, 3.05) is 20.3 Å². The first kappa shape index (κ1) is 12.1. The van der Waals surface area contributed by atoms with Gasteiger partial charge in [-0.15, -0.1) is 11.3 Å². The van der Waals surface area contributed by atoms with Crippen LogP contribution in [-0.2, 0) is 4.74 Å². The van der Waals surface area contributed by atoms with Crippen LogP contribution in [0.5, 0.6) is 0 Å². The van der Waals surface area contributed by atoms with E-state index in [0.29, 0.717) is 19.2 Å². The van der Waals surface area contributed by atoms with Crippen LogP contribution in [0.25, 0.3) is 0 Å². The topological polar surface area (TPSA) is 29.5 Å². The van der Waals surface area contributed by atoms with Crippen molar-refractivity contribution < 1.29 is 9.53 Å². The van der Waals surface area contributed by atoms with Crippen LogP contribution >= 0.6 is 27.3 Å². The number of rotatable bonds is 5. The SMILES string of the molecule is COCCN(C(=O)c1ccc(Br)s1)C1CC1. The van der Waals surface area contributed by atoms with Crippen molar-refractivity contribution in [2.45, 2.75) is 18.9 Å². The van der Waals surface area contributed by atoms with Crippen LogP contribution in [0.4, 0.5) is 0 Å². The Morgan fingerprint density at radius 1 is 1.62 bits per heavy atom. The molecule has 2 rings (SSSR count). The normalized spacial score (nSPS) is 15.1. The zero-order chi connectivity index (χ0) is 11.5. The fourth-order valence-corrected chi connectivity index (χ4v) is 2.94. The lowest BCUT2D eigenvalue weighted by atomic mass is 10.3. The molecule has 3 nitrogen and oxygen atoms in total. The van der Waals surface area contributed by atoms with Crippen molar-refractivity contribution >= 4 is 33.2 Å². The molecule has 0 bridgehead atoms. The van der Waals surface area contributed by atoms with Crippen molar-refractivity contribution in [3.8, 4) is 0 Å². The highest BCUT2D eigenvalue weighted by molar-refractivity contribution is 9.11. The molecule has 0 atom stereocenters. The summed E-state index contributed by atoms with van der Waals surface area (Å²) >= 11 is 4.87. The molecule has 1 aliphatic rings. The summed E-state index contributed by atoms with van der Waals surface area (Å²) in [5, 5.41) is 0. The lowest BCUT2D eigenvalue weighted by Crippen LogP contribution is -2.35. The Balaban J connectivity index is 2.04. The highest BCUT2D eigenvalue weighted by atomic mass is 79.9.